The summed E-state index contributed by atoms with van der Waals surface area (Å²) in [6.07, 6.45) is 7.08. The molecule has 2 N–H and O–H groups in total. The molecule has 0 aliphatic heterocycles. The fourth-order valence-electron chi connectivity index (χ4n) is 3.98. The Morgan fingerprint density at radius 2 is 1.72 bits per heavy atom. The lowest BCUT2D eigenvalue weighted by atomic mass is 9.96. The van der Waals surface area contributed by atoms with Crippen LogP contribution in [0.2, 0.25) is 0 Å². The van der Waals surface area contributed by atoms with Gasteiger partial charge in [0, 0.05) is 29.5 Å². The fraction of sp³-hybridized carbons (Fsp3) is 0. The summed E-state index contributed by atoms with van der Waals surface area (Å²) in [6, 6.07) is 23.6. The molecule has 0 bridgehead atoms. The van der Waals surface area contributed by atoms with Crippen LogP contribution >= 0.6 is 0 Å². The molecule has 0 spiro atoms. The Labute approximate surface area is 184 Å². The molecule has 5 rings (SSSR count). The van der Waals surface area contributed by atoms with Gasteiger partial charge in [-0.2, -0.15) is 5.26 Å². The van der Waals surface area contributed by atoms with E-state index in [0.29, 0.717) is 11.3 Å². The largest absolute Gasteiger partial charge is 0.365 e. The van der Waals surface area contributed by atoms with Crippen molar-refractivity contribution in [3.63, 3.8) is 0 Å². The summed E-state index contributed by atoms with van der Waals surface area (Å²) in [5.74, 6) is -0.689. The first-order chi connectivity index (χ1) is 15.7. The van der Waals surface area contributed by atoms with E-state index in [1.165, 1.54) is 0 Å². The van der Waals surface area contributed by atoms with Crippen LogP contribution in [0.25, 0.3) is 38.8 Å². The molecule has 3 heterocycles. The average Bonchev–Trinajstić information content (AvgIpc) is 3.27. The molecule has 32 heavy (non-hydrogen) atoms. The van der Waals surface area contributed by atoms with Gasteiger partial charge in [0.15, 0.2) is 5.69 Å². The van der Waals surface area contributed by atoms with Gasteiger partial charge >= 0.3 is 0 Å². The predicted octanol–water partition coefficient (Wildman–Crippen LogP) is 4.73. The van der Waals surface area contributed by atoms with Crippen LogP contribution in [-0.4, -0.2) is 20.4 Å². The van der Waals surface area contributed by atoms with Gasteiger partial charge in [0.05, 0.1) is 23.0 Å². The number of nitrogens with two attached hydrogens (primary N) is 1. The molecule has 0 unspecified atom stereocenters. The number of pyridine rings is 2. The van der Waals surface area contributed by atoms with E-state index < -0.39 is 5.91 Å². The Hall–Kier alpha value is -4.76. The van der Waals surface area contributed by atoms with E-state index in [9.17, 15) is 10.1 Å². The Balaban J connectivity index is 1.76. The number of aromatic nitrogens is 3. The maximum absolute atomic E-state index is 12.4. The Morgan fingerprint density at radius 3 is 2.44 bits per heavy atom. The van der Waals surface area contributed by atoms with Gasteiger partial charge in [-0.25, -0.2) is 4.98 Å². The number of carbonyl (C=O) groups is 1. The lowest BCUT2D eigenvalue weighted by molar-refractivity contribution is 0.100. The standard InChI is InChI=1S/C26H17N5O/c27-15-21-25(26(28)32)24(18-4-2-1-3-5-18)23(16-30-21)31-13-10-20-14-19(6-7-22(20)31)17-8-11-29-12-9-17/h1-14,16H,(H2,28,32). The van der Waals surface area contributed by atoms with Crippen LogP contribution in [0.4, 0.5) is 0 Å². The summed E-state index contributed by atoms with van der Waals surface area (Å²) < 4.78 is 1.97. The number of benzene rings is 2. The molecule has 0 saturated heterocycles. The molecule has 5 aromatic rings. The van der Waals surface area contributed by atoms with Crippen molar-refractivity contribution in [1.29, 1.82) is 5.26 Å². The number of fused-ring (bicyclic) bond motifs is 1. The Bertz CT molecular complexity index is 1500. The van der Waals surface area contributed by atoms with Gasteiger partial charge in [0.25, 0.3) is 5.91 Å². The normalized spacial score (nSPS) is 10.7. The molecular weight excluding hydrogens is 398 g/mol. The number of amides is 1. The van der Waals surface area contributed by atoms with E-state index in [2.05, 4.69) is 16.0 Å². The van der Waals surface area contributed by atoms with Crippen LogP contribution in [0, 0.1) is 11.3 Å². The van der Waals surface area contributed by atoms with Gasteiger partial charge in [-0.15, -0.1) is 0 Å². The van der Waals surface area contributed by atoms with Crippen molar-refractivity contribution < 1.29 is 4.79 Å². The number of nitriles is 1. The zero-order chi connectivity index (χ0) is 22.1. The second kappa shape index (κ2) is 7.82. The second-order valence-corrected chi connectivity index (χ2v) is 7.28. The predicted molar refractivity (Wildman–Crippen MR) is 123 cm³/mol. The van der Waals surface area contributed by atoms with Crippen LogP contribution < -0.4 is 5.73 Å². The van der Waals surface area contributed by atoms with Gasteiger partial charge in [-0.3, -0.25) is 9.78 Å². The summed E-state index contributed by atoms with van der Waals surface area (Å²) in [7, 11) is 0. The topological polar surface area (TPSA) is 97.6 Å². The first-order valence-electron chi connectivity index (χ1n) is 9.97. The Morgan fingerprint density at radius 1 is 0.938 bits per heavy atom. The van der Waals surface area contributed by atoms with Crippen LogP contribution in [-0.2, 0) is 0 Å². The van der Waals surface area contributed by atoms with Crippen molar-refractivity contribution in [2.75, 3.05) is 0 Å². The van der Waals surface area contributed by atoms with Crippen molar-refractivity contribution in [3.05, 3.63) is 103 Å². The summed E-state index contributed by atoms with van der Waals surface area (Å²) in [5.41, 5.74) is 11.0. The SMILES string of the molecule is N#Cc1ncc(-n2ccc3cc(-c4ccncc4)ccc32)c(-c2ccccc2)c1C(N)=O. The van der Waals surface area contributed by atoms with Crippen molar-refractivity contribution in [2.45, 2.75) is 0 Å². The van der Waals surface area contributed by atoms with Gasteiger partial charge in [-0.05, 0) is 47.0 Å². The number of nitrogens with zero attached hydrogens (tertiary/aromatic N) is 4. The third kappa shape index (κ3) is 3.18. The van der Waals surface area contributed by atoms with Crippen LogP contribution in [0.15, 0.2) is 91.5 Å². The number of hydrogen-bond donors (Lipinski definition) is 1. The minimum Gasteiger partial charge on any atom is -0.365 e. The van der Waals surface area contributed by atoms with Gasteiger partial charge in [-0.1, -0.05) is 36.4 Å². The summed E-state index contributed by atoms with van der Waals surface area (Å²) in [5, 5.41) is 10.6. The maximum Gasteiger partial charge on any atom is 0.252 e. The maximum atomic E-state index is 12.4. The zero-order valence-corrected chi connectivity index (χ0v) is 16.9. The zero-order valence-electron chi connectivity index (χ0n) is 16.9. The molecule has 6 nitrogen and oxygen atoms in total. The molecule has 3 aromatic heterocycles. The fourth-order valence-corrected chi connectivity index (χ4v) is 3.98. The highest BCUT2D eigenvalue weighted by atomic mass is 16.1. The number of carbonyl (C=O) groups excluding carboxylic acids is 1. The van der Waals surface area contributed by atoms with Crippen molar-refractivity contribution in [2.24, 2.45) is 5.73 Å². The van der Waals surface area contributed by atoms with E-state index in [4.69, 9.17) is 5.73 Å². The number of primary amides is 1. The van der Waals surface area contributed by atoms with Crippen molar-refractivity contribution in [1.82, 2.24) is 14.5 Å². The third-order valence-corrected chi connectivity index (χ3v) is 5.44. The van der Waals surface area contributed by atoms with E-state index >= 15 is 0 Å². The second-order valence-electron chi connectivity index (χ2n) is 7.28. The number of rotatable bonds is 4. The first kappa shape index (κ1) is 19.2. The smallest absolute Gasteiger partial charge is 0.252 e. The Kier molecular flexibility index (Phi) is 4.70. The molecule has 0 saturated carbocycles. The first-order valence-corrected chi connectivity index (χ1v) is 9.97. The molecule has 0 atom stereocenters. The molecule has 6 heteroatoms. The lowest BCUT2D eigenvalue weighted by Crippen LogP contribution is -2.17. The van der Waals surface area contributed by atoms with Crippen molar-refractivity contribution >= 4 is 16.8 Å². The number of hydrogen-bond acceptors (Lipinski definition) is 4. The molecule has 0 aliphatic rings. The highest BCUT2D eigenvalue weighted by molar-refractivity contribution is 6.04. The van der Waals surface area contributed by atoms with Gasteiger partial charge in [0.1, 0.15) is 6.07 Å². The highest BCUT2D eigenvalue weighted by Gasteiger charge is 2.22. The minimum absolute atomic E-state index is 0.0107. The van der Waals surface area contributed by atoms with Crippen LogP contribution in [0.5, 0.6) is 0 Å². The minimum atomic E-state index is -0.689. The summed E-state index contributed by atoms with van der Waals surface area (Å²) >= 11 is 0. The lowest BCUT2D eigenvalue weighted by Gasteiger charge is -2.16. The van der Waals surface area contributed by atoms with E-state index in [0.717, 1.165) is 27.6 Å². The van der Waals surface area contributed by atoms with E-state index in [1.807, 2.05) is 77.5 Å². The quantitative estimate of drug-likeness (QED) is 0.459. The molecular formula is C26H17N5O. The molecule has 1 amide bonds. The van der Waals surface area contributed by atoms with Gasteiger partial charge < -0.3 is 10.3 Å². The van der Waals surface area contributed by atoms with Crippen LogP contribution in [0.3, 0.4) is 0 Å². The summed E-state index contributed by atoms with van der Waals surface area (Å²) in [4.78, 5) is 20.7. The third-order valence-electron chi connectivity index (χ3n) is 5.44. The summed E-state index contributed by atoms with van der Waals surface area (Å²) in [6.45, 7) is 0. The molecule has 0 radical (unpaired) electrons. The average molecular weight is 415 g/mol. The molecule has 2 aromatic carbocycles. The van der Waals surface area contributed by atoms with Crippen LogP contribution in [0.1, 0.15) is 16.1 Å². The molecule has 0 fully saturated rings. The monoisotopic (exact) mass is 415 g/mol. The molecule has 0 aliphatic carbocycles. The van der Waals surface area contributed by atoms with Crippen molar-refractivity contribution in [3.8, 4) is 34.0 Å². The highest BCUT2D eigenvalue weighted by Crippen LogP contribution is 2.34. The molecule has 152 valence electrons. The van der Waals surface area contributed by atoms with E-state index in [1.54, 1.807) is 18.6 Å². The van der Waals surface area contributed by atoms with Gasteiger partial charge in [0.2, 0.25) is 0 Å². The van der Waals surface area contributed by atoms with E-state index in [-0.39, 0.29) is 11.3 Å².